The number of benzene rings is 2. The first-order chi connectivity index (χ1) is 13.6. The first-order valence-electron chi connectivity index (χ1n) is 9.10. The highest BCUT2D eigenvalue weighted by atomic mass is 19.1. The van der Waals surface area contributed by atoms with E-state index in [2.05, 4.69) is 20.7 Å². The van der Waals surface area contributed by atoms with E-state index >= 15 is 0 Å². The summed E-state index contributed by atoms with van der Waals surface area (Å²) >= 11 is 0. The van der Waals surface area contributed by atoms with E-state index in [0.717, 1.165) is 25.2 Å². The van der Waals surface area contributed by atoms with E-state index in [1.165, 1.54) is 12.1 Å². The molecule has 0 fully saturated rings. The molecule has 1 aromatic heterocycles. The molecule has 0 aliphatic carbocycles. The van der Waals surface area contributed by atoms with E-state index in [1.807, 2.05) is 11.6 Å². The number of aromatic nitrogens is 3. The lowest BCUT2D eigenvalue weighted by Gasteiger charge is -2.23. The van der Waals surface area contributed by atoms with Crippen LogP contribution in [0.1, 0.15) is 30.5 Å². The molecule has 2 aromatic carbocycles. The van der Waals surface area contributed by atoms with Crippen molar-refractivity contribution in [1.29, 1.82) is 0 Å². The Morgan fingerprint density at radius 2 is 2.11 bits per heavy atom. The molecule has 3 aromatic rings. The highest BCUT2D eigenvalue weighted by Gasteiger charge is 2.25. The zero-order valence-corrected chi connectivity index (χ0v) is 15.4. The lowest BCUT2D eigenvalue weighted by molar-refractivity contribution is 0.244. The molecule has 0 saturated heterocycles. The van der Waals surface area contributed by atoms with Gasteiger partial charge in [-0.3, -0.25) is 0 Å². The maximum atomic E-state index is 13.4. The predicted octanol–water partition coefficient (Wildman–Crippen LogP) is 4.17. The van der Waals surface area contributed by atoms with Crippen molar-refractivity contribution >= 4 is 11.7 Å². The molecule has 0 spiro atoms. The average Bonchev–Trinajstić information content (AvgIpc) is 3.05. The molecule has 0 saturated carbocycles. The molecular weight excluding hydrogens is 361 g/mol. The Labute approximate surface area is 161 Å². The minimum atomic E-state index is -0.391. The molecule has 4 rings (SSSR count). The van der Waals surface area contributed by atoms with E-state index in [4.69, 9.17) is 4.74 Å². The second-order valence-electron chi connectivity index (χ2n) is 6.59. The maximum Gasteiger partial charge on any atom is 0.319 e. The summed E-state index contributed by atoms with van der Waals surface area (Å²) in [5, 5.41) is 10.1. The van der Waals surface area contributed by atoms with Crippen LogP contribution < -0.4 is 15.4 Å². The van der Waals surface area contributed by atoms with E-state index in [0.29, 0.717) is 23.0 Å². The number of urea groups is 1. The fourth-order valence-corrected chi connectivity index (χ4v) is 3.24. The van der Waals surface area contributed by atoms with Crippen molar-refractivity contribution in [3.05, 3.63) is 66.0 Å². The van der Waals surface area contributed by atoms with Crippen molar-refractivity contribution in [1.82, 2.24) is 20.1 Å². The Hall–Kier alpha value is -3.42. The zero-order chi connectivity index (χ0) is 19.5. The van der Waals surface area contributed by atoms with Gasteiger partial charge < -0.3 is 15.4 Å². The first kappa shape index (κ1) is 18.0. The molecule has 1 aliphatic rings. The molecule has 1 unspecified atom stereocenters. The number of hydrogen-bond donors (Lipinski definition) is 2. The molecule has 2 heterocycles. The number of rotatable bonds is 4. The van der Waals surface area contributed by atoms with E-state index in [9.17, 15) is 9.18 Å². The van der Waals surface area contributed by atoms with Gasteiger partial charge in [-0.05, 0) is 44.0 Å². The van der Waals surface area contributed by atoms with Gasteiger partial charge in [0.25, 0.3) is 0 Å². The van der Waals surface area contributed by atoms with Crippen molar-refractivity contribution in [2.24, 2.45) is 0 Å². The van der Waals surface area contributed by atoms with Gasteiger partial charge in [-0.25, -0.2) is 18.9 Å². The molecule has 2 N–H and O–H groups in total. The first-order valence-corrected chi connectivity index (χ1v) is 9.10. The normalized spacial score (nSPS) is 15.6. The third-order valence-electron chi connectivity index (χ3n) is 4.45. The number of carbonyl (C=O) groups is 1. The number of ether oxygens (including phenoxy) is 1. The molecule has 0 radical (unpaired) electrons. The van der Waals surface area contributed by atoms with Crippen molar-refractivity contribution in [2.45, 2.75) is 32.4 Å². The Bertz CT molecular complexity index is 1000. The summed E-state index contributed by atoms with van der Waals surface area (Å²) in [6.07, 6.45) is 1.72. The van der Waals surface area contributed by atoms with Crippen molar-refractivity contribution < 1.29 is 13.9 Å². The molecule has 2 amide bonds. The highest BCUT2D eigenvalue weighted by Crippen LogP contribution is 2.30. The molecule has 1 atom stereocenters. The van der Waals surface area contributed by atoms with Crippen LogP contribution in [0.5, 0.6) is 11.5 Å². The van der Waals surface area contributed by atoms with Gasteiger partial charge in [0.2, 0.25) is 0 Å². The topological polar surface area (TPSA) is 81.1 Å². The average molecular weight is 381 g/mol. The van der Waals surface area contributed by atoms with Gasteiger partial charge in [-0.1, -0.05) is 18.2 Å². The minimum absolute atomic E-state index is 0.203. The quantitative estimate of drug-likeness (QED) is 0.711. The third kappa shape index (κ3) is 3.95. The van der Waals surface area contributed by atoms with E-state index in [-0.39, 0.29) is 12.1 Å². The van der Waals surface area contributed by atoms with Crippen LogP contribution >= 0.6 is 0 Å². The van der Waals surface area contributed by atoms with Crippen LogP contribution in [-0.4, -0.2) is 20.8 Å². The summed E-state index contributed by atoms with van der Waals surface area (Å²) in [5.41, 5.74) is 0.484. The molecule has 7 nitrogen and oxygen atoms in total. The largest absolute Gasteiger partial charge is 0.455 e. The number of nitrogens with zero attached hydrogens (tertiary/aromatic N) is 3. The van der Waals surface area contributed by atoms with Crippen molar-refractivity contribution in [3.63, 3.8) is 0 Å². The standard InChI is InChI=1S/C20H20FN5O2/c1-13-22-19-17(9-5-11-26(19)25-13)24-20(27)23-16-8-2-3-10-18(16)28-15-7-4-6-14(21)12-15/h2-4,6-8,10,12,17H,5,9,11H2,1H3,(H2,23,24,27). The van der Waals surface area contributed by atoms with Crippen LogP contribution in [0.15, 0.2) is 48.5 Å². The van der Waals surface area contributed by atoms with Crippen LogP contribution in [-0.2, 0) is 6.54 Å². The number of amides is 2. The van der Waals surface area contributed by atoms with Gasteiger partial charge in [0.05, 0.1) is 11.7 Å². The summed E-state index contributed by atoms with van der Waals surface area (Å²) in [7, 11) is 0. The summed E-state index contributed by atoms with van der Waals surface area (Å²) in [6.45, 7) is 2.64. The molecule has 0 bridgehead atoms. The molecular formula is C20H20FN5O2. The summed E-state index contributed by atoms with van der Waals surface area (Å²) in [4.78, 5) is 17.0. The smallest absolute Gasteiger partial charge is 0.319 e. The number of carbonyl (C=O) groups excluding carboxylic acids is 1. The SMILES string of the molecule is Cc1nc2n(n1)CCCC2NC(=O)Nc1ccccc1Oc1cccc(F)c1. The molecule has 28 heavy (non-hydrogen) atoms. The second kappa shape index (κ2) is 7.67. The number of fused-ring (bicyclic) bond motifs is 1. The van der Waals surface area contributed by atoms with Gasteiger partial charge in [0.1, 0.15) is 23.2 Å². The van der Waals surface area contributed by atoms with Gasteiger partial charge in [0, 0.05) is 12.6 Å². The van der Waals surface area contributed by atoms with Crippen molar-refractivity contribution in [3.8, 4) is 11.5 Å². The van der Waals surface area contributed by atoms with E-state index < -0.39 is 5.82 Å². The number of anilines is 1. The number of para-hydroxylation sites is 2. The zero-order valence-electron chi connectivity index (χ0n) is 15.4. The van der Waals surface area contributed by atoms with Crippen LogP contribution in [0.4, 0.5) is 14.9 Å². The minimum Gasteiger partial charge on any atom is -0.455 e. The summed E-state index contributed by atoms with van der Waals surface area (Å²) in [6, 6.07) is 12.3. The van der Waals surface area contributed by atoms with Gasteiger partial charge >= 0.3 is 6.03 Å². The van der Waals surface area contributed by atoms with Crippen molar-refractivity contribution in [2.75, 3.05) is 5.32 Å². The lowest BCUT2D eigenvalue weighted by Crippen LogP contribution is -2.36. The number of nitrogens with one attached hydrogen (secondary N) is 2. The van der Waals surface area contributed by atoms with Crippen LogP contribution in [0, 0.1) is 12.7 Å². The monoisotopic (exact) mass is 381 g/mol. The third-order valence-corrected chi connectivity index (χ3v) is 4.45. The van der Waals surface area contributed by atoms with Crippen LogP contribution in [0.25, 0.3) is 0 Å². The molecule has 8 heteroatoms. The number of halogens is 1. The maximum absolute atomic E-state index is 13.4. The van der Waals surface area contributed by atoms with Gasteiger partial charge in [-0.15, -0.1) is 0 Å². The Morgan fingerprint density at radius 1 is 1.25 bits per heavy atom. The fourth-order valence-electron chi connectivity index (χ4n) is 3.24. The highest BCUT2D eigenvalue weighted by molar-refractivity contribution is 5.91. The Morgan fingerprint density at radius 3 is 2.96 bits per heavy atom. The van der Waals surface area contributed by atoms with Crippen LogP contribution in [0.3, 0.4) is 0 Å². The predicted molar refractivity (Wildman–Crippen MR) is 102 cm³/mol. The van der Waals surface area contributed by atoms with Crippen LogP contribution in [0.2, 0.25) is 0 Å². The molecule has 144 valence electrons. The van der Waals surface area contributed by atoms with E-state index in [1.54, 1.807) is 36.4 Å². The fraction of sp³-hybridized carbons (Fsp3) is 0.250. The summed E-state index contributed by atoms with van der Waals surface area (Å²) in [5.74, 6) is 1.84. The second-order valence-corrected chi connectivity index (χ2v) is 6.59. The Balaban J connectivity index is 1.47. The lowest BCUT2D eigenvalue weighted by atomic mass is 10.1. The van der Waals surface area contributed by atoms with Gasteiger partial charge in [-0.2, -0.15) is 5.10 Å². The summed E-state index contributed by atoms with van der Waals surface area (Å²) < 4.78 is 21.0. The molecule has 1 aliphatic heterocycles. The van der Waals surface area contributed by atoms with Gasteiger partial charge in [0.15, 0.2) is 5.75 Å². The number of hydrogen-bond acceptors (Lipinski definition) is 4. The number of aryl methyl sites for hydroxylation is 2. The Kier molecular flexibility index (Phi) is 4.92.